The van der Waals surface area contributed by atoms with Crippen molar-refractivity contribution < 1.29 is 4.79 Å². The predicted octanol–water partition coefficient (Wildman–Crippen LogP) is 3.68. The number of hydrogen-bond donors (Lipinski definition) is 1. The number of hydrogen-bond acceptors (Lipinski definition) is 3. The van der Waals surface area contributed by atoms with E-state index in [1.165, 1.54) is 37.1 Å². The maximum absolute atomic E-state index is 12.6. The Hall–Kier alpha value is -2.66. The Balaban J connectivity index is 1.40. The summed E-state index contributed by atoms with van der Waals surface area (Å²) in [6.07, 6.45) is 4.51. The predicted molar refractivity (Wildman–Crippen MR) is 112 cm³/mol. The number of fused-ring (bicyclic) bond motifs is 1. The third-order valence-corrected chi connectivity index (χ3v) is 5.76. The van der Waals surface area contributed by atoms with Gasteiger partial charge in [0.1, 0.15) is 0 Å². The Morgan fingerprint density at radius 2 is 1.86 bits per heavy atom. The summed E-state index contributed by atoms with van der Waals surface area (Å²) in [5.74, 6) is -0.0632. The first-order valence-electron chi connectivity index (χ1n) is 10.1. The number of imidazole rings is 1. The minimum Gasteiger partial charge on any atom is -0.348 e. The first-order valence-corrected chi connectivity index (χ1v) is 10.1. The molecule has 0 radical (unpaired) electrons. The van der Waals surface area contributed by atoms with E-state index in [0.29, 0.717) is 12.1 Å². The molecular formula is C23H28N4O. The normalized spacial score (nSPS) is 14.6. The molecule has 0 atom stereocenters. The van der Waals surface area contributed by atoms with Gasteiger partial charge in [-0.2, -0.15) is 0 Å². The summed E-state index contributed by atoms with van der Waals surface area (Å²) in [5.41, 5.74) is 6.24. The number of benzene rings is 2. The van der Waals surface area contributed by atoms with Gasteiger partial charge in [0.25, 0.3) is 5.91 Å². The molecule has 0 aliphatic carbocycles. The van der Waals surface area contributed by atoms with Crippen LogP contribution in [0.25, 0.3) is 11.0 Å². The van der Waals surface area contributed by atoms with Crippen molar-refractivity contribution in [3.63, 3.8) is 0 Å². The lowest BCUT2D eigenvalue weighted by atomic mass is 10.1. The molecule has 146 valence electrons. The van der Waals surface area contributed by atoms with Crippen LogP contribution in [0.2, 0.25) is 0 Å². The molecule has 1 saturated heterocycles. The van der Waals surface area contributed by atoms with Crippen molar-refractivity contribution in [1.82, 2.24) is 19.8 Å². The van der Waals surface area contributed by atoms with Crippen LogP contribution in [-0.4, -0.2) is 40.0 Å². The maximum Gasteiger partial charge on any atom is 0.251 e. The molecule has 1 aliphatic rings. The van der Waals surface area contributed by atoms with Gasteiger partial charge in [-0.15, -0.1) is 0 Å². The lowest BCUT2D eigenvalue weighted by Crippen LogP contribution is -2.24. The first-order chi connectivity index (χ1) is 13.6. The van der Waals surface area contributed by atoms with Crippen molar-refractivity contribution in [2.45, 2.75) is 39.8 Å². The Bertz CT molecular complexity index is 985. The quantitative estimate of drug-likeness (QED) is 0.714. The summed E-state index contributed by atoms with van der Waals surface area (Å²) in [6.45, 7) is 9.13. The fraction of sp³-hybridized carbons (Fsp3) is 0.391. The van der Waals surface area contributed by atoms with Crippen molar-refractivity contribution in [2.24, 2.45) is 0 Å². The second kappa shape index (κ2) is 8.15. The minimum absolute atomic E-state index is 0.0632. The molecule has 5 nitrogen and oxygen atoms in total. The number of aromatic nitrogens is 2. The average Bonchev–Trinajstić information content (AvgIpc) is 3.36. The van der Waals surface area contributed by atoms with Crippen molar-refractivity contribution in [1.29, 1.82) is 0 Å². The molecular weight excluding hydrogens is 348 g/mol. The smallest absolute Gasteiger partial charge is 0.251 e. The topological polar surface area (TPSA) is 50.2 Å². The summed E-state index contributed by atoms with van der Waals surface area (Å²) in [6, 6.07) is 12.1. The van der Waals surface area contributed by atoms with E-state index in [1.54, 1.807) is 0 Å². The van der Waals surface area contributed by atoms with Crippen LogP contribution < -0.4 is 5.32 Å². The van der Waals surface area contributed by atoms with E-state index >= 15 is 0 Å². The standard InChI is InChI=1S/C23H28N4O/c1-17-5-6-19(13-18(17)2)15-24-23(28)20-7-8-22-21(14-20)25-16-27(22)12-11-26-9-3-4-10-26/h5-8,13-14,16H,3-4,9-12,15H2,1-2H3,(H,24,28). The molecule has 1 aromatic heterocycles. The van der Waals surface area contributed by atoms with Crippen LogP contribution in [-0.2, 0) is 13.1 Å². The fourth-order valence-corrected chi connectivity index (χ4v) is 3.84. The van der Waals surface area contributed by atoms with Gasteiger partial charge in [0.15, 0.2) is 0 Å². The number of nitrogens with one attached hydrogen (secondary N) is 1. The van der Waals surface area contributed by atoms with Gasteiger partial charge in [0, 0.05) is 25.2 Å². The molecule has 0 spiro atoms. The molecule has 0 bridgehead atoms. The van der Waals surface area contributed by atoms with Gasteiger partial charge in [-0.3, -0.25) is 4.79 Å². The minimum atomic E-state index is -0.0632. The largest absolute Gasteiger partial charge is 0.348 e. The van der Waals surface area contributed by atoms with E-state index in [9.17, 15) is 4.79 Å². The molecule has 1 N–H and O–H groups in total. The van der Waals surface area contributed by atoms with Crippen LogP contribution in [0.3, 0.4) is 0 Å². The molecule has 2 aromatic carbocycles. The Morgan fingerprint density at radius 3 is 2.64 bits per heavy atom. The number of amides is 1. The van der Waals surface area contributed by atoms with Gasteiger partial charge in [0.05, 0.1) is 17.4 Å². The number of aryl methyl sites for hydroxylation is 2. The van der Waals surface area contributed by atoms with Crippen molar-refractivity contribution in [3.05, 3.63) is 65.0 Å². The summed E-state index contributed by atoms with van der Waals surface area (Å²) in [4.78, 5) is 19.6. The van der Waals surface area contributed by atoms with E-state index in [4.69, 9.17) is 0 Å². The van der Waals surface area contributed by atoms with Crippen molar-refractivity contribution in [2.75, 3.05) is 19.6 Å². The van der Waals surface area contributed by atoms with Crippen molar-refractivity contribution in [3.8, 4) is 0 Å². The Kier molecular flexibility index (Phi) is 5.44. The lowest BCUT2D eigenvalue weighted by Gasteiger charge is -2.15. The van der Waals surface area contributed by atoms with E-state index in [2.05, 4.69) is 51.8 Å². The molecule has 0 saturated carbocycles. The highest BCUT2D eigenvalue weighted by Gasteiger charge is 2.13. The summed E-state index contributed by atoms with van der Waals surface area (Å²) < 4.78 is 2.18. The molecule has 0 unspecified atom stereocenters. The number of likely N-dealkylation sites (tertiary alicyclic amines) is 1. The van der Waals surface area contributed by atoms with Crippen LogP contribution in [0, 0.1) is 13.8 Å². The van der Waals surface area contributed by atoms with Crippen LogP contribution >= 0.6 is 0 Å². The van der Waals surface area contributed by atoms with Gasteiger partial charge < -0.3 is 14.8 Å². The highest BCUT2D eigenvalue weighted by molar-refractivity contribution is 5.97. The zero-order valence-corrected chi connectivity index (χ0v) is 16.7. The number of nitrogens with zero attached hydrogens (tertiary/aromatic N) is 3. The molecule has 1 fully saturated rings. The molecule has 1 amide bonds. The van der Waals surface area contributed by atoms with Gasteiger partial charge >= 0.3 is 0 Å². The highest BCUT2D eigenvalue weighted by Crippen LogP contribution is 2.16. The van der Waals surface area contributed by atoms with E-state index in [-0.39, 0.29) is 5.91 Å². The summed E-state index contributed by atoms with van der Waals surface area (Å²) >= 11 is 0. The number of carbonyl (C=O) groups is 1. The second-order valence-corrected chi connectivity index (χ2v) is 7.79. The van der Waals surface area contributed by atoms with Gasteiger partial charge in [-0.1, -0.05) is 18.2 Å². The van der Waals surface area contributed by atoms with Gasteiger partial charge in [-0.05, 0) is 74.7 Å². The molecule has 3 aromatic rings. The monoisotopic (exact) mass is 376 g/mol. The fourth-order valence-electron chi connectivity index (χ4n) is 3.84. The van der Waals surface area contributed by atoms with Gasteiger partial charge in [-0.25, -0.2) is 4.98 Å². The maximum atomic E-state index is 12.6. The Labute approximate surface area is 166 Å². The lowest BCUT2D eigenvalue weighted by molar-refractivity contribution is 0.0951. The average molecular weight is 377 g/mol. The number of rotatable bonds is 6. The van der Waals surface area contributed by atoms with E-state index in [0.717, 1.165) is 29.7 Å². The van der Waals surface area contributed by atoms with E-state index < -0.39 is 0 Å². The second-order valence-electron chi connectivity index (χ2n) is 7.79. The van der Waals surface area contributed by atoms with Crippen LogP contribution in [0.5, 0.6) is 0 Å². The SMILES string of the molecule is Cc1ccc(CNC(=O)c2ccc3c(c2)ncn3CCN2CCCC2)cc1C. The third kappa shape index (κ3) is 4.09. The highest BCUT2D eigenvalue weighted by atomic mass is 16.1. The molecule has 4 rings (SSSR count). The molecule has 1 aliphatic heterocycles. The van der Waals surface area contributed by atoms with Gasteiger partial charge in [0.2, 0.25) is 0 Å². The molecule has 5 heteroatoms. The zero-order valence-electron chi connectivity index (χ0n) is 16.7. The molecule has 28 heavy (non-hydrogen) atoms. The molecule has 2 heterocycles. The first kappa shape index (κ1) is 18.7. The van der Waals surface area contributed by atoms with Crippen LogP contribution in [0.15, 0.2) is 42.7 Å². The number of carbonyl (C=O) groups excluding carboxylic acids is 1. The summed E-state index contributed by atoms with van der Waals surface area (Å²) in [7, 11) is 0. The summed E-state index contributed by atoms with van der Waals surface area (Å²) in [5, 5.41) is 3.02. The zero-order chi connectivity index (χ0) is 19.5. The van der Waals surface area contributed by atoms with Crippen molar-refractivity contribution >= 4 is 16.9 Å². The van der Waals surface area contributed by atoms with E-state index in [1.807, 2.05) is 24.5 Å². The van der Waals surface area contributed by atoms with Crippen LogP contribution in [0.1, 0.15) is 39.9 Å². The van der Waals surface area contributed by atoms with Crippen LogP contribution in [0.4, 0.5) is 0 Å². The third-order valence-electron chi connectivity index (χ3n) is 5.76. The Morgan fingerprint density at radius 1 is 1.04 bits per heavy atom.